The van der Waals surface area contributed by atoms with Crippen molar-refractivity contribution in [1.82, 2.24) is 9.66 Å². The van der Waals surface area contributed by atoms with Gasteiger partial charge < -0.3 is 19.2 Å². The van der Waals surface area contributed by atoms with Gasteiger partial charge in [-0.05, 0) is 93.4 Å². The molecule has 0 saturated carbocycles. The Balaban J connectivity index is 1.37. The molecule has 0 saturated heterocycles. The van der Waals surface area contributed by atoms with Crippen LogP contribution in [0.4, 0.5) is 10.1 Å². The molecule has 1 N–H and O–H groups in total. The smallest absolute Gasteiger partial charge is 0.282 e. The van der Waals surface area contributed by atoms with E-state index < -0.39 is 18.3 Å². The van der Waals surface area contributed by atoms with E-state index in [-0.39, 0.29) is 22.8 Å². The van der Waals surface area contributed by atoms with Gasteiger partial charge in [0.05, 0.1) is 33.9 Å². The number of aromatic nitrogens is 2. The lowest BCUT2D eigenvalue weighted by molar-refractivity contribution is -0.118. The number of anilines is 1. The van der Waals surface area contributed by atoms with Crippen LogP contribution in [-0.2, 0) is 4.79 Å². The van der Waals surface area contributed by atoms with Crippen molar-refractivity contribution >= 4 is 87.5 Å². The number of hydrogen-bond donors (Lipinski definition) is 1. The first kappa shape index (κ1) is 31.6. The van der Waals surface area contributed by atoms with Crippen LogP contribution in [0.1, 0.15) is 12.5 Å². The summed E-state index contributed by atoms with van der Waals surface area (Å²) in [5, 5.41) is 8.25. The fourth-order valence-corrected chi connectivity index (χ4v) is 5.93. The van der Waals surface area contributed by atoms with Crippen molar-refractivity contribution in [3.05, 3.63) is 114 Å². The van der Waals surface area contributed by atoms with Crippen molar-refractivity contribution in [2.45, 2.75) is 6.92 Å². The standard InChI is InChI=1S/C33H22Br3FN4O5/c1-2-44-26-15-19(29(35)30(36)31(26)45-17-28(42)39-24-10-6-4-8-22(24)37)16-38-41-32(40-23-9-5-3-7-21(23)33(41)43)27-14-18-13-20(34)11-12-25(18)46-27/h3-16H,2,17H2,1H3,(H,39,42). The maximum absolute atomic E-state index is 14.0. The highest BCUT2D eigenvalue weighted by molar-refractivity contribution is 9.13. The van der Waals surface area contributed by atoms with Crippen LogP contribution in [-0.4, -0.2) is 35.0 Å². The van der Waals surface area contributed by atoms with Crippen LogP contribution in [0.15, 0.2) is 107 Å². The van der Waals surface area contributed by atoms with Crippen molar-refractivity contribution in [1.29, 1.82) is 0 Å². The maximum atomic E-state index is 14.0. The number of carbonyl (C=O) groups excluding carboxylic acids is 1. The molecule has 4 aromatic carbocycles. The third-order valence-electron chi connectivity index (χ3n) is 6.72. The molecule has 232 valence electrons. The largest absolute Gasteiger partial charge is 0.490 e. The first-order valence-electron chi connectivity index (χ1n) is 13.8. The second-order valence-electron chi connectivity index (χ2n) is 9.78. The van der Waals surface area contributed by atoms with Gasteiger partial charge in [0.15, 0.2) is 23.9 Å². The van der Waals surface area contributed by atoms with Crippen LogP contribution >= 0.6 is 47.8 Å². The molecular formula is C33H22Br3FN4O5. The summed E-state index contributed by atoms with van der Waals surface area (Å²) in [4.78, 5) is 31.0. The number of amides is 1. The molecule has 0 atom stereocenters. The second kappa shape index (κ2) is 13.6. The van der Waals surface area contributed by atoms with Gasteiger partial charge in [-0.1, -0.05) is 40.2 Å². The van der Waals surface area contributed by atoms with Crippen molar-refractivity contribution < 1.29 is 23.1 Å². The van der Waals surface area contributed by atoms with E-state index in [9.17, 15) is 14.0 Å². The highest BCUT2D eigenvalue weighted by Crippen LogP contribution is 2.42. The molecule has 2 aromatic heterocycles. The van der Waals surface area contributed by atoms with Gasteiger partial charge in [0.1, 0.15) is 11.4 Å². The third kappa shape index (κ3) is 6.48. The Morgan fingerprint density at radius 1 is 1.02 bits per heavy atom. The van der Waals surface area contributed by atoms with Crippen LogP contribution in [0.5, 0.6) is 11.5 Å². The molecular weight excluding hydrogens is 791 g/mol. The number of ether oxygens (including phenoxy) is 2. The molecule has 0 aliphatic heterocycles. The van der Waals surface area contributed by atoms with E-state index >= 15 is 0 Å². The number of hydrogen-bond acceptors (Lipinski definition) is 7. The van der Waals surface area contributed by atoms with Gasteiger partial charge in [0.2, 0.25) is 5.82 Å². The van der Waals surface area contributed by atoms with Gasteiger partial charge in [-0.15, -0.1) is 0 Å². The van der Waals surface area contributed by atoms with E-state index in [0.29, 0.717) is 49.1 Å². The lowest BCUT2D eigenvalue weighted by atomic mass is 10.2. The van der Waals surface area contributed by atoms with Crippen molar-refractivity contribution in [3.63, 3.8) is 0 Å². The first-order chi connectivity index (χ1) is 22.2. The number of fused-ring (bicyclic) bond motifs is 2. The average Bonchev–Trinajstić information content (AvgIpc) is 3.47. The normalized spacial score (nSPS) is 11.4. The van der Waals surface area contributed by atoms with Crippen LogP contribution in [0.2, 0.25) is 0 Å². The monoisotopic (exact) mass is 810 g/mol. The number of rotatable bonds is 9. The van der Waals surface area contributed by atoms with E-state index in [0.717, 1.165) is 9.86 Å². The van der Waals surface area contributed by atoms with E-state index in [4.69, 9.17) is 18.9 Å². The summed E-state index contributed by atoms with van der Waals surface area (Å²) in [6.07, 6.45) is 1.48. The maximum Gasteiger partial charge on any atom is 0.282 e. The Labute approximate surface area is 286 Å². The molecule has 46 heavy (non-hydrogen) atoms. The van der Waals surface area contributed by atoms with Crippen LogP contribution < -0.4 is 20.3 Å². The van der Waals surface area contributed by atoms with Crippen molar-refractivity contribution in [3.8, 4) is 23.1 Å². The van der Waals surface area contributed by atoms with Gasteiger partial charge in [-0.25, -0.2) is 9.37 Å². The molecule has 6 aromatic rings. The summed E-state index contributed by atoms with van der Waals surface area (Å²) in [6.45, 7) is 1.68. The van der Waals surface area contributed by atoms with E-state index in [1.807, 2.05) is 18.2 Å². The molecule has 0 spiro atoms. The number of para-hydroxylation sites is 2. The molecule has 2 heterocycles. The average molecular weight is 813 g/mol. The molecule has 0 radical (unpaired) electrons. The van der Waals surface area contributed by atoms with Crippen molar-refractivity contribution in [2.75, 3.05) is 18.5 Å². The van der Waals surface area contributed by atoms with Gasteiger partial charge in [0, 0.05) is 19.9 Å². The summed E-state index contributed by atoms with van der Waals surface area (Å²) in [7, 11) is 0. The molecule has 1 amide bonds. The minimum Gasteiger partial charge on any atom is -0.490 e. The zero-order valence-electron chi connectivity index (χ0n) is 23.9. The summed E-state index contributed by atoms with van der Waals surface area (Å²) >= 11 is 10.6. The lowest BCUT2D eigenvalue weighted by Gasteiger charge is -2.16. The Bertz CT molecular complexity index is 2220. The zero-order chi connectivity index (χ0) is 32.4. The van der Waals surface area contributed by atoms with E-state index in [1.54, 1.807) is 49.4 Å². The molecule has 0 aliphatic rings. The Hall–Kier alpha value is -4.33. The topological polar surface area (TPSA) is 108 Å². The molecule has 0 bridgehead atoms. The first-order valence-corrected chi connectivity index (χ1v) is 16.2. The predicted molar refractivity (Wildman–Crippen MR) is 185 cm³/mol. The molecule has 0 fully saturated rings. The third-order valence-corrected chi connectivity index (χ3v) is 9.35. The molecule has 0 aliphatic carbocycles. The highest BCUT2D eigenvalue weighted by Gasteiger charge is 2.20. The Kier molecular flexibility index (Phi) is 9.34. The summed E-state index contributed by atoms with van der Waals surface area (Å²) in [6, 6.07) is 21.9. The van der Waals surface area contributed by atoms with Crippen LogP contribution in [0.3, 0.4) is 0 Å². The van der Waals surface area contributed by atoms with Gasteiger partial charge in [-0.3, -0.25) is 9.59 Å². The minimum atomic E-state index is -0.560. The summed E-state index contributed by atoms with van der Waals surface area (Å²) in [5.74, 6) is 0.0117. The van der Waals surface area contributed by atoms with Crippen LogP contribution in [0.25, 0.3) is 33.5 Å². The Morgan fingerprint density at radius 2 is 1.80 bits per heavy atom. The van der Waals surface area contributed by atoms with E-state index in [2.05, 4.69) is 58.2 Å². The highest BCUT2D eigenvalue weighted by atomic mass is 79.9. The van der Waals surface area contributed by atoms with E-state index in [1.165, 1.54) is 29.1 Å². The van der Waals surface area contributed by atoms with Gasteiger partial charge in [-0.2, -0.15) is 9.78 Å². The number of furan rings is 1. The fraction of sp³-hybridized carbons (Fsp3) is 0.0909. The molecule has 6 rings (SSSR count). The minimum absolute atomic E-state index is 0.0428. The number of carbonyl (C=O) groups is 1. The molecule has 0 unspecified atom stereocenters. The number of benzene rings is 4. The lowest BCUT2D eigenvalue weighted by Crippen LogP contribution is -2.21. The summed E-state index contributed by atoms with van der Waals surface area (Å²) < 4.78 is 34.7. The fourth-order valence-electron chi connectivity index (χ4n) is 4.62. The number of nitrogens with one attached hydrogen (secondary N) is 1. The number of nitrogens with zero attached hydrogens (tertiary/aromatic N) is 3. The van der Waals surface area contributed by atoms with Crippen molar-refractivity contribution in [2.24, 2.45) is 5.10 Å². The Morgan fingerprint density at radius 3 is 2.61 bits per heavy atom. The van der Waals surface area contributed by atoms with Crippen LogP contribution in [0, 0.1) is 5.82 Å². The van der Waals surface area contributed by atoms with Gasteiger partial charge in [0.25, 0.3) is 11.5 Å². The SMILES string of the molecule is CCOc1cc(C=Nn2c(-c3cc4cc(Br)ccc4o3)nc3ccccc3c2=O)c(Br)c(Br)c1OCC(=O)Nc1ccccc1F. The number of halogens is 4. The molecule has 9 nitrogen and oxygen atoms in total. The summed E-state index contributed by atoms with van der Waals surface area (Å²) in [5.41, 5.74) is 1.31. The van der Waals surface area contributed by atoms with Gasteiger partial charge >= 0.3 is 0 Å². The quantitative estimate of drug-likeness (QED) is 0.147. The predicted octanol–water partition coefficient (Wildman–Crippen LogP) is 8.53. The molecule has 13 heteroatoms. The second-order valence-corrected chi connectivity index (χ2v) is 12.3. The zero-order valence-corrected chi connectivity index (χ0v) is 28.6.